The summed E-state index contributed by atoms with van der Waals surface area (Å²) in [5, 5.41) is 13.5. The zero-order chi connectivity index (χ0) is 13.7. The van der Waals surface area contributed by atoms with E-state index in [9.17, 15) is 5.11 Å². The van der Waals surface area contributed by atoms with Gasteiger partial charge in [-0.3, -0.25) is 0 Å². The van der Waals surface area contributed by atoms with Gasteiger partial charge in [0.25, 0.3) is 0 Å². The van der Waals surface area contributed by atoms with E-state index >= 15 is 0 Å². The molecule has 0 radical (unpaired) electrons. The summed E-state index contributed by atoms with van der Waals surface area (Å²) in [4.78, 5) is 2.35. The molecular formula is C16H26N2O. The number of β-amino-alcohol motifs (C(OH)–C–C–N with tert-alkyl or cyclic N) is 1. The molecule has 0 bridgehead atoms. The number of benzene rings is 1. The molecule has 1 saturated heterocycles. The lowest BCUT2D eigenvalue weighted by Crippen LogP contribution is -2.34. The zero-order valence-corrected chi connectivity index (χ0v) is 12.1. The molecular weight excluding hydrogens is 236 g/mol. The summed E-state index contributed by atoms with van der Waals surface area (Å²) >= 11 is 0. The Bertz CT molecular complexity index is 386. The van der Waals surface area contributed by atoms with Crippen molar-refractivity contribution in [2.24, 2.45) is 0 Å². The molecule has 1 unspecified atom stereocenters. The lowest BCUT2D eigenvalue weighted by atomic mass is 10.0. The van der Waals surface area contributed by atoms with Crippen molar-refractivity contribution in [3.8, 4) is 0 Å². The van der Waals surface area contributed by atoms with Crippen LogP contribution in [0, 0.1) is 0 Å². The molecule has 1 aromatic carbocycles. The van der Waals surface area contributed by atoms with E-state index in [-0.39, 0.29) is 6.10 Å². The summed E-state index contributed by atoms with van der Waals surface area (Å²) in [5.74, 6) is 0.499. The van der Waals surface area contributed by atoms with Crippen LogP contribution in [0.15, 0.2) is 24.3 Å². The van der Waals surface area contributed by atoms with Gasteiger partial charge in [0.1, 0.15) is 0 Å². The van der Waals surface area contributed by atoms with Crippen molar-refractivity contribution in [1.29, 1.82) is 0 Å². The minimum atomic E-state index is -0.293. The number of anilines is 1. The van der Waals surface area contributed by atoms with Crippen molar-refractivity contribution in [3.63, 3.8) is 0 Å². The van der Waals surface area contributed by atoms with E-state index in [1.54, 1.807) is 0 Å². The van der Waals surface area contributed by atoms with E-state index in [0.717, 1.165) is 25.3 Å². The molecule has 19 heavy (non-hydrogen) atoms. The largest absolute Gasteiger partial charge is 0.390 e. The molecule has 1 fully saturated rings. The predicted octanol–water partition coefficient (Wildman–Crippen LogP) is 2.68. The van der Waals surface area contributed by atoms with Crippen molar-refractivity contribution in [3.05, 3.63) is 29.8 Å². The number of likely N-dealkylation sites (tertiary alicyclic amines) is 1. The molecule has 1 aliphatic heterocycles. The maximum atomic E-state index is 10.1. The normalized spacial score (nSPS) is 17.9. The molecule has 106 valence electrons. The maximum Gasteiger partial charge on any atom is 0.0839 e. The molecule has 1 atom stereocenters. The van der Waals surface area contributed by atoms with Crippen LogP contribution in [0.5, 0.6) is 0 Å². The first-order chi connectivity index (χ1) is 9.16. The zero-order valence-electron chi connectivity index (χ0n) is 12.1. The molecule has 1 aliphatic rings. The highest BCUT2D eigenvalue weighted by Gasteiger charge is 2.15. The van der Waals surface area contributed by atoms with Crippen LogP contribution >= 0.6 is 0 Å². The van der Waals surface area contributed by atoms with Gasteiger partial charge in [-0.25, -0.2) is 0 Å². The fraction of sp³-hybridized carbons (Fsp3) is 0.625. The summed E-state index contributed by atoms with van der Waals surface area (Å²) in [5.41, 5.74) is 2.47. The number of para-hydroxylation sites is 1. The highest BCUT2D eigenvalue weighted by Crippen LogP contribution is 2.23. The highest BCUT2D eigenvalue weighted by atomic mass is 16.3. The minimum absolute atomic E-state index is 0.293. The van der Waals surface area contributed by atoms with Gasteiger partial charge in [-0.1, -0.05) is 32.0 Å². The molecule has 0 saturated carbocycles. The number of aliphatic hydroxyl groups is 1. The van der Waals surface area contributed by atoms with Crippen molar-refractivity contribution < 1.29 is 5.11 Å². The van der Waals surface area contributed by atoms with Crippen molar-refractivity contribution >= 4 is 5.69 Å². The number of aliphatic hydroxyl groups excluding tert-OH is 1. The molecule has 1 heterocycles. The number of nitrogens with zero attached hydrogens (tertiary/aromatic N) is 1. The van der Waals surface area contributed by atoms with Crippen molar-refractivity contribution in [1.82, 2.24) is 4.90 Å². The Hall–Kier alpha value is -1.06. The lowest BCUT2D eigenvalue weighted by Gasteiger charge is -2.21. The van der Waals surface area contributed by atoms with Gasteiger partial charge >= 0.3 is 0 Å². The average Bonchev–Trinajstić information content (AvgIpc) is 2.89. The molecule has 3 heteroatoms. The van der Waals surface area contributed by atoms with Crippen LogP contribution in [0.25, 0.3) is 0 Å². The fourth-order valence-electron chi connectivity index (χ4n) is 2.72. The first-order valence-electron chi connectivity index (χ1n) is 7.40. The number of rotatable bonds is 6. The molecule has 0 aliphatic carbocycles. The van der Waals surface area contributed by atoms with Gasteiger partial charge in [-0.2, -0.15) is 0 Å². The van der Waals surface area contributed by atoms with Gasteiger partial charge in [0, 0.05) is 18.8 Å². The van der Waals surface area contributed by atoms with Gasteiger partial charge in [0.15, 0.2) is 0 Å². The molecule has 2 rings (SSSR count). The Kier molecular flexibility index (Phi) is 5.23. The SMILES string of the molecule is CC(C)c1ccccc1NCC(O)CN1CCCC1. The third-order valence-corrected chi connectivity index (χ3v) is 3.78. The van der Waals surface area contributed by atoms with E-state index in [2.05, 4.69) is 42.3 Å². The van der Waals surface area contributed by atoms with Crippen LogP contribution in [-0.2, 0) is 0 Å². The van der Waals surface area contributed by atoms with Crippen LogP contribution in [-0.4, -0.2) is 42.3 Å². The standard InChI is InChI=1S/C16H26N2O/c1-13(2)15-7-3-4-8-16(15)17-11-14(19)12-18-9-5-6-10-18/h3-4,7-8,13-14,17,19H,5-6,9-12H2,1-2H3. The van der Waals surface area contributed by atoms with Gasteiger partial charge in [0.05, 0.1) is 6.10 Å². The summed E-state index contributed by atoms with van der Waals surface area (Å²) in [6.45, 7) is 8.08. The second-order valence-electron chi connectivity index (χ2n) is 5.78. The minimum Gasteiger partial charge on any atom is -0.390 e. The quantitative estimate of drug-likeness (QED) is 0.827. The molecule has 1 aromatic rings. The average molecular weight is 262 g/mol. The first kappa shape index (κ1) is 14.4. The topological polar surface area (TPSA) is 35.5 Å². The molecule has 0 spiro atoms. The second kappa shape index (κ2) is 6.92. The third-order valence-electron chi connectivity index (χ3n) is 3.78. The summed E-state index contributed by atoms with van der Waals surface area (Å²) in [7, 11) is 0. The van der Waals surface area contributed by atoms with E-state index in [1.165, 1.54) is 18.4 Å². The van der Waals surface area contributed by atoms with Gasteiger partial charge in [-0.15, -0.1) is 0 Å². The number of hydrogen-bond acceptors (Lipinski definition) is 3. The Morgan fingerprint density at radius 1 is 1.21 bits per heavy atom. The second-order valence-corrected chi connectivity index (χ2v) is 5.78. The van der Waals surface area contributed by atoms with E-state index < -0.39 is 0 Å². The summed E-state index contributed by atoms with van der Waals surface area (Å²) in [6.07, 6.45) is 2.26. The first-order valence-corrected chi connectivity index (χ1v) is 7.40. The Morgan fingerprint density at radius 3 is 2.58 bits per heavy atom. The lowest BCUT2D eigenvalue weighted by molar-refractivity contribution is 0.135. The molecule has 3 nitrogen and oxygen atoms in total. The van der Waals surface area contributed by atoms with Gasteiger partial charge in [-0.05, 0) is 43.5 Å². The maximum absolute atomic E-state index is 10.1. The summed E-state index contributed by atoms with van der Waals surface area (Å²) < 4.78 is 0. The Morgan fingerprint density at radius 2 is 1.89 bits per heavy atom. The van der Waals surface area contributed by atoms with Crippen LogP contribution in [0.1, 0.15) is 38.2 Å². The Balaban J connectivity index is 1.84. The van der Waals surface area contributed by atoms with Crippen LogP contribution in [0.2, 0.25) is 0 Å². The highest BCUT2D eigenvalue weighted by molar-refractivity contribution is 5.52. The predicted molar refractivity (Wildman–Crippen MR) is 80.7 cm³/mol. The summed E-state index contributed by atoms with van der Waals surface area (Å²) in [6, 6.07) is 8.36. The van der Waals surface area contributed by atoms with Crippen LogP contribution in [0.4, 0.5) is 5.69 Å². The van der Waals surface area contributed by atoms with Crippen LogP contribution in [0.3, 0.4) is 0 Å². The molecule has 0 aromatic heterocycles. The Labute approximate surface area is 116 Å². The monoisotopic (exact) mass is 262 g/mol. The van der Waals surface area contributed by atoms with E-state index in [0.29, 0.717) is 12.5 Å². The van der Waals surface area contributed by atoms with Gasteiger partial charge < -0.3 is 15.3 Å². The van der Waals surface area contributed by atoms with Crippen LogP contribution < -0.4 is 5.32 Å². The molecule has 0 amide bonds. The third kappa shape index (κ3) is 4.22. The number of hydrogen-bond donors (Lipinski definition) is 2. The van der Waals surface area contributed by atoms with Crippen molar-refractivity contribution in [2.75, 3.05) is 31.5 Å². The van der Waals surface area contributed by atoms with Crippen molar-refractivity contribution in [2.45, 2.75) is 38.7 Å². The van der Waals surface area contributed by atoms with Gasteiger partial charge in [0.2, 0.25) is 0 Å². The number of nitrogens with one attached hydrogen (secondary N) is 1. The molecule has 2 N–H and O–H groups in total. The fourth-order valence-corrected chi connectivity index (χ4v) is 2.72. The van der Waals surface area contributed by atoms with E-state index in [4.69, 9.17) is 0 Å². The smallest absolute Gasteiger partial charge is 0.0839 e. The van der Waals surface area contributed by atoms with E-state index in [1.807, 2.05) is 6.07 Å².